The zero-order valence-electron chi connectivity index (χ0n) is 8.00. The van der Waals surface area contributed by atoms with Crippen LogP contribution in [0.2, 0.25) is 0 Å². The monoisotopic (exact) mass is 178 g/mol. The number of nitrogens with one attached hydrogen (secondary N) is 1. The fraction of sp³-hybridized carbons (Fsp3) is 0.818. The second-order valence-corrected chi connectivity index (χ2v) is 4.37. The van der Waals surface area contributed by atoms with Crippen LogP contribution in [0.1, 0.15) is 32.1 Å². The minimum absolute atomic E-state index is 0.373. The summed E-state index contributed by atoms with van der Waals surface area (Å²) in [6, 6.07) is 0.373. The second-order valence-electron chi connectivity index (χ2n) is 4.37. The van der Waals surface area contributed by atoms with E-state index < -0.39 is 0 Å². The molecule has 2 fully saturated rings. The molecule has 3 atom stereocenters. The van der Waals surface area contributed by atoms with Gasteiger partial charge in [0, 0.05) is 12.5 Å². The van der Waals surface area contributed by atoms with Gasteiger partial charge in [0.15, 0.2) is 0 Å². The molecule has 0 heterocycles. The predicted octanol–water partition coefficient (Wildman–Crippen LogP) is 1.28. The summed E-state index contributed by atoms with van der Waals surface area (Å²) in [7, 11) is 0. The van der Waals surface area contributed by atoms with Gasteiger partial charge >= 0.3 is 0 Å². The number of hydrogen-bond donors (Lipinski definition) is 2. The lowest BCUT2D eigenvalue weighted by Crippen LogP contribution is -2.37. The normalized spacial score (nSPS) is 38.9. The molecule has 0 aromatic heterocycles. The maximum absolute atomic E-state index is 5.51. The van der Waals surface area contributed by atoms with E-state index in [1.165, 1.54) is 25.7 Å². The third kappa shape index (κ3) is 1.59. The molecule has 0 aliphatic heterocycles. The predicted molar refractivity (Wildman–Crippen MR) is 53.5 cm³/mol. The molecule has 72 valence electrons. The highest BCUT2D eigenvalue weighted by Gasteiger charge is 2.53. The molecule has 0 saturated heterocycles. The Morgan fingerprint density at radius 3 is 2.46 bits per heavy atom. The first-order chi connectivity index (χ1) is 6.38. The average molecular weight is 178 g/mol. The van der Waals surface area contributed by atoms with E-state index in [1.54, 1.807) is 0 Å². The van der Waals surface area contributed by atoms with Gasteiger partial charge in [0.25, 0.3) is 0 Å². The second kappa shape index (κ2) is 3.69. The van der Waals surface area contributed by atoms with Crippen LogP contribution >= 0.6 is 0 Å². The first kappa shape index (κ1) is 9.05. The van der Waals surface area contributed by atoms with Gasteiger partial charge in [-0.1, -0.05) is 12.8 Å². The third-order valence-corrected chi connectivity index (χ3v) is 3.74. The molecule has 2 heteroatoms. The summed E-state index contributed by atoms with van der Waals surface area (Å²) in [5, 5.41) is 0. The summed E-state index contributed by atoms with van der Waals surface area (Å²) in [6.45, 7) is 0. The zero-order chi connectivity index (χ0) is 9.26. The van der Waals surface area contributed by atoms with E-state index in [0.717, 1.165) is 24.2 Å². The topological polar surface area (TPSA) is 38.0 Å². The molecule has 2 aliphatic carbocycles. The van der Waals surface area contributed by atoms with Crippen LogP contribution in [0, 0.1) is 30.1 Å². The van der Waals surface area contributed by atoms with Crippen LogP contribution in [0.5, 0.6) is 0 Å². The summed E-state index contributed by atoms with van der Waals surface area (Å²) in [6.07, 6.45) is 11.7. The van der Waals surface area contributed by atoms with Gasteiger partial charge in [-0.05, 0) is 30.6 Å². The van der Waals surface area contributed by atoms with E-state index in [0.29, 0.717) is 6.04 Å². The van der Waals surface area contributed by atoms with Crippen molar-refractivity contribution < 1.29 is 0 Å². The Labute approximate surface area is 80.2 Å². The van der Waals surface area contributed by atoms with E-state index in [9.17, 15) is 0 Å². The number of hydrogen-bond acceptors (Lipinski definition) is 2. The van der Waals surface area contributed by atoms with E-state index in [-0.39, 0.29) is 0 Å². The fourth-order valence-corrected chi connectivity index (χ4v) is 3.08. The van der Waals surface area contributed by atoms with Crippen LogP contribution in [-0.4, -0.2) is 6.04 Å². The molecule has 0 aromatic carbocycles. The van der Waals surface area contributed by atoms with E-state index in [1.807, 2.05) is 0 Å². The van der Waals surface area contributed by atoms with Gasteiger partial charge in [0.05, 0.1) is 0 Å². The summed E-state index contributed by atoms with van der Waals surface area (Å²) in [5.41, 5.74) is 2.88. The SMILES string of the molecule is C#CCC(NN)C1C2CCCCC21. The number of nitrogens with two attached hydrogens (primary N) is 1. The number of rotatable bonds is 3. The van der Waals surface area contributed by atoms with Gasteiger partial charge in [-0.25, -0.2) is 0 Å². The quantitative estimate of drug-likeness (QED) is 0.388. The Kier molecular flexibility index (Phi) is 2.57. The largest absolute Gasteiger partial charge is 0.271 e. The van der Waals surface area contributed by atoms with Crippen molar-refractivity contribution in [2.75, 3.05) is 0 Å². The van der Waals surface area contributed by atoms with Crippen molar-refractivity contribution in [3.05, 3.63) is 0 Å². The first-order valence-corrected chi connectivity index (χ1v) is 5.28. The Bertz CT molecular complexity index is 207. The zero-order valence-corrected chi connectivity index (χ0v) is 8.00. The molecule has 0 amide bonds. The molecule has 2 nitrogen and oxygen atoms in total. The molecular formula is C11H18N2. The third-order valence-electron chi connectivity index (χ3n) is 3.74. The summed E-state index contributed by atoms with van der Waals surface area (Å²) >= 11 is 0. The lowest BCUT2D eigenvalue weighted by Gasteiger charge is -2.12. The Morgan fingerprint density at radius 1 is 1.38 bits per heavy atom. The van der Waals surface area contributed by atoms with Gasteiger partial charge < -0.3 is 0 Å². The molecule has 3 unspecified atom stereocenters. The molecule has 0 radical (unpaired) electrons. The minimum atomic E-state index is 0.373. The van der Waals surface area contributed by atoms with Gasteiger partial charge in [-0.2, -0.15) is 0 Å². The van der Waals surface area contributed by atoms with Gasteiger partial charge in [0.1, 0.15) is 0 Å². The highest BCUT2D eigenvalue weighted by Crippen LogP contribution is 2.57. The van der Waals surface area contributed by atoms with Crippen LogP contribution < -0.4 is 11.3 Å². The Morgan fingerprint density at radius 2 is 2.00 bits per heavy atom. The van der Waals surface area contributed by atoms with Gasteiger partial charge in [0.2, 0.25) is 0 Å². The first-order valence-electron chi connectivity index (χ1n) is 5.28. The Hall–Kier alpha value is -0.520. The highest BCUT2D eigenvalue weighted by molar-refractivity contribution is 5.07. The molecule has 2 rings (SSSR count). The van der Waals surface area contributed by atoms with E-state index in [4.69, 9.17) is 12.3 Å². The molecule has 0 bridgehead atoms. The van der Waals surface area contributed by atoms with Gasteiger partial charge in [-0.3, -0.25) is 11.3 Å². The van der Waals surface area contributed by atoms with Crippen molar-refractivity contribution >= 4 is 0 Å². The van der Waals surface area contributed by atoms with Crippen LogP contribution in [-0.2, 0) is 0 Å². The standard InChI is InChI=1S/C11H18N2/c1-2-5-10(13-12)11-8-6-3-4-7-9(8)11/h1,8-11,13H,3-7,12H2. The van der Waals surface area contributed by atoms with Crippen molar-refractivity contribution in [3.8, 4) is 12.3 Å². The van der Waals surface area contributed by atoms with Crippen LogP contribution in [0.25, 0.3) is 0 Å². The number of hydrazine groups is 1. The molecule has 13 heavy (non-hydrogen) atoms. The molecule has 0 aromatic rings. The average Bonchev–Trinajstić information content (AvgIpc) is 2.88. The number of terminal acetylenes is 1. The molecule has 3 N–H and O–H groups in total. The van der Waals surface area contributed by atoms with E-state index >= 15 is 0 Å². The lowest BCUT2D eigenvalue weighted by atomic mass is 10.0. The van der Waals surface area contributed by atoms with Crippen LogP contribution in [0.3, 0.4) is 0 Å². The Balaban J connectivity index is 1.91. The maximum atomic E-state index is 5.51. The smallest absolute Gasteiger partial charge is 0.0353 e. The molecule has 0 spiro atoms. The van der Waals surface area contributed by atoms with Crippen LogP contribution in [0.4, 0.5) is 0 Å². The molecular weight excluding hydrogens is 160 g/mol. The van der Waals surface area contributed by atoms with Crippen molar-refractivity contribution in [3.63, 3.8) is 0 Å². The van der Waals surface area contributed by atoms with Crippen molar-refractivity contribution in [2.45, 2.75) is 38.1 Å². The van der Waals surface area contributed by atoms with E-state index in [2.05, 4.69) is 11.3 Å². The van der Waals surface area contributed by atoms with Crippen molar-refractivity contribution in [2.24, 2.45) is 23.6 Å². The van der Waals surface area contributed by atoms with Crippen molar-refractivity contribution in [1.29, 1.82) is 0 Å². The molecule has 2 aliphatic rings. The fourth-order valence-electron chi connectivity index (χ4n) is 3.08. The highest BCUT2D eigenvalue weighted by atomic mass is 15.2. The maximum Gasteiger partial charge on any atom is 0.0353 e. The number of fused-ring (bicyclic) bond motifs is 1. The summed E-state index contributed by atoms with van der Waals surface area (Å²) in [5.74, 6) is 10.9. The minimum Gasteiger partial charge on any atom is -0.271 e. The lowest BCUT2D eigenvalue weighted by molar-refractivity contribution is 0.448. The van der Waals surface area contributed by atoms with Crippen molar-refractivity contribution in [1.82, 2.24) is 5.43 Å². The van der Waals surface area contributed by atoms with Crippen LogP contribution in [0.15, 0.2) is 0 Å². The van der Waals surface area contributed by atoms with Gasteiger partial charge in [-0.15, -0.1) is 12.3 Å². The molecule has 2 saturated carbocycles. The summed E-state index contributed by atoms with van der Waals surface area (Å²) < 4.78 is 0. The summed E-state index contributed by atoms with van der Waals surface area (Å²) in [4.78, 5) is 0.